The van der Waals surface area contributed by atoms with Crippen molar-refractivity contribution in [1.82, 2.24) is 9.97 Å². The maximum absolute atomic E-state index is 4.93. The second-order valence-corrected chi connectivity index (χ2v) is 17.0. The number of fused-ring (bicyclic) bond motifs is 4. The summed E-state index contributed by atoms with van der Waals surface area (Å²) in [4.78, 5) is 9.52. The van der Waals surface area contributed by atoms with Crippen molar-refractivity contribution < 1.29 is 20.8 Å². The van der Waals surface area contributed by atoms with E-state index in [2.05, 4.69) is 124 Å². The fourth-order valence-electron chi connectivity index (χ4n) is 5.12. The first-order chi connectivity index (χ1) is 21.4. The van der Waals surface area contributed by atoms with Crippen molar-refractivity contribution >= 4 is 91.2 Å². The minimum atomic E-state index is -0.826. The zero-order valence-electron chi connectivity index (χ0n) is 24.9. The summed E-state index contributed by atoms with van der Waals surface area (Å²) in [5, 5.41) is 7.43. The second kappa shape index (κ2) is 15.7. The van der Waals surface area contributed by atoms with Crippen molar-refractivity contribution in [3.63, 3.8) is 0 Å². The fraction of sp³-hybridized carbons (Fsp3) is 0.111. The number of aryl methyl sites for hydroxylation is 2. The summed E-state index contributed by atoms with van der Waals surface area (Å²) in [6.45, 7) is 8.59. The van der Waals surface area contributed by atoms with Crippen molar-refractivity contribution in [2.75, 3.05) is 0 Å². The number of hydrogen-bond acceptors (Lipinski definition) is 4. The summed E-state index contributed by atoms with van der Waals surface area (Å²) >= 11 is 2.70. The van der Waals surface area contributed by atoms with E-state index in [-0.39, 0.29) is 0 Å². The van der Waals surface area contributed by atoms with E-state index in [0.29, 0.717) is 0 Å². The number of aromatic nitrogens is 2. The number of thiazole rings is 2. The predicted octanol–water partition coefficient (Wildman–Crippen LogP) is 12.5. The molecule has 0 atom stereocenters. The molecule has 0 aliphatic heterocycles. The summed E-state index contributed by atoms with van der Waals surface area (Å²) in [6.07, 6.45) is 0. The zero-order chi connectivity index (χ0) is 31.1. The molecule has 0 unspecified atom stereocenters. The second-order valence-electron chi connectivity index (χ2n) is 10.2. The molecule has 2 aromatic heterocycles. The summed E-state index contributed by atoms with van der Waals surface area (Å²) in [6, 6.07) is 38.5. The zero-order valence-corrected chi connectivity index (χ0v) is 31.5. The van der Waals surface area contributed by atoms with Crippen LogP contribution in [0.15, 0.2) is 109 Å². The normalized spacial score (nSPS) is 10.5. The SMILES string of the molecule is C[Si]C.Cc1cc2c(-c3nc4ccccc4s3)cccc2[cH-]1.Cc1cc2c(-c3nc4ccccc4s3)cccc2[cH-]1.[Cl][Zr+2][Cl]. The van der Waals surface area contributed by atoms with Crippen molar-refractivity contribution in [2.45, 2.75) is 26.9 Å². The number of para-hydroxylation sites is 2. The predicted molar refractivity (Wildman–Crippen MR) is 195 cm³/mol. The van der Waals surface area contributed by atoms with Gasteiger partial charge in [0.25, 0.3) is 0 Å². The Kier molecular flexibility index (Phi) is 11.8. The minimum absolute atomic E-state index is 0.826. The van der Waals surface area contributed by atoms with Crippen LogP contribution in [0.5, 0.6) is 0 Å². The topological polar surface area (TPSA) is 25.8 Å². The van der Waals surface area contributed by atoms with Gasteiger partial charge in [0.05, 0.1) is 20.4 Å². The van der Waals surface area contributed by atoms with E-state index in [9.17, 15) is 0 Å². The van der Waals surface area contributed by atoms with Crippen LogP contribution >= 0.6 is 39.7 Å². The van der Waals surface area contributed by atoms with Gasteiger partial charge in [-0.05, 0) is 35.4 Å². The molecule has 0 amide bonds. The molecule has 218 valence electrons. The molecule has 2 heterocycles. The number of rotatable bonds is 2. The Morgan fingerprint density at radius 1 is 0.614 bits per heavy atom. The molecule has 2 radical (unpaired) electrons. The Morgan fingerprint density at radius 2 is 1.00 bits per heavy atom. The number of nitrogens with zero attached hydrogens (tertiary/aromatic N) is 2. The molecule has 2 nitrogen and oxygen atoms in total. The quantitative estimate of drug-likeness (QED) is 0.130. The number of benzene rings is 4. The fourth-order valence-corrected chi connectivity index (χ4v) is 7.13. The molecule has 0 N–H and O–H groups in total. The van der Waals surface area contributed by atoms with Crippen LogP contribution in [0, 0.1) is 13.8 Å². The van der Waals surface area contributed by atoms with Gasteiger partial charge in [0.15, 0.2) is 0 Å². The first-order valence-electron chi connectivity index (χ1n) is 14.0. The molecule has 0 bridgehead atoms. The third-order valence-corrected chi connectivity index (χ3v) is 8.98. The van der Waals surface area contributed by atoms with Gasteiger partial charge in [0.2, 0.25) is 0 Å². The molecule has 0 aliphatic carbocycles. The Morgan fingerprint density at radius 3 is 1.39 bits per heavy atom. The van der Waals surface area contributed by atoms with Crippen molar-refractivity contribution in [1.29, 1.82) is 0 Å². The van der Waals surface area contributed by atoms with Crippen LogP contribution in [0.4, 0.5) is 0 Å². The van der Waals surface area contributed by atoms with Crippen molar-refractivity contribution in [2.24, 2.45) is 0 Å². The van der Waals surface area contributed by atoms with Gasteiger partial charge in [-0.25, -0.2) is 9.97 Å². The van der Waals surface area contributed by atoms with Gasteiger partial charge in [0.1, 0.15) is 10.0 Å². The Labute approximate surface area is 287 Å². The van der Waals surface area contributed by atoms with Crippen LogP contribution < -0.4 is 0 Å². The molecular formula is C36H30Cl2N2S2SiZr. The van der Waals surface area contributed by atoms with Crippen molar-refractivity contribution in [3.8, 4) is 21.1 Å². The summed E-state index contributed by atoms with van der Waals surface area (Å²) in [5.41, 5.74) is 7.27. The van der Waals surface area contributed by atoms with E-state index in [1.807, 2.05) is 12.1 Å². The standard InChI is InChI=1S/2C17H12NS.C2H6Si.2ClH.Zr/c2*1-11-9-12-5-4-6-13(14(12)10-11)17-18-15-7-2-3-8-16(15)19-17;1-3-2;;;/h2*2-10H,1H3;1-2H3;2*1H;/q2*-1;;;;+4/p-2. The van der Waals surface area contributed by atoms with E-state index in [4.69, 9.17) is 27.0 Å². The van der Waals surface area contributed by atoms with Crippen LogP contribution in [-0.2, 0) is 20.8 Å². The first kappa shape index (κ1) is 32.9. The average Bonchev–Trinajstić information content (AvgIpc) is 3.80. The van der Waals surface area contributed by atoms with Gasteiger partial charge in [0, 0.05) is 9.52 Å². The summed E-state index contributed by atoms with van der Waals surface area (Å²) < 4.78 is 2.50. The average molecular weight is 745 g/mol. The van der Waals surface area contributed by atoms with Gasteiger partial charge in [-0.2, -0.15) is 12.1 Å². The third-order valence-electron chi connectivity index (χ3n) is 6.84. The summed E-state index contributed by atoms with van der Waals surface area (Å²) in [7, 11) is 11.0. The van der Waals surface area contributed by atoms with E-state index in [1.54, 1.807) is 22.7 Å². The number of halogens is 2. The Balaban J connectivity index is 0.000000149. The molecule has 8 aromatic rings. The van der Waals surface area contributed by atoms with Crippen molar-refractivity contribution in [3.05, 3.63) is 120 Å². The van der Waals surface area contributed by atoms with Gasteiger partial charge < -0.3 is 0 Å². The van der Waals surface area contributed by atoms with Crippen LogP contribution in [0.2, 0.25) is 13.1 Å². The number of hydrogen-bond donors (Lipinski definition) is 0. The summed E-state index contributed by atoms with van der Waals surface area (Å²) in [5.74, 6) is 0. The monoisotopic (exact) mass is 742 g/mol. The van der Waals surface area contributed by atoms with Gasteiger partial charge in [-0.1, -0.05) is 63.3 Å². The molecule has 0 saturated carbocycles. The van der Waals surface area contributed by atoms with E-state index in [0.717, 1.165) is 30.6 Å². The van der Waals surface area contributed by atoms with Crippen LogP contribution in [0.1, 0.15) is 11.1 Å². The van der Waals surface area contributed by atoms with E-state index >= 15 is 0 Å². The Bertz CT molecular complexity index is 1910. The molecular weight excluding hydrogens is 715 g/mol. The molecule has 8 rings (SSSR count). The van der Waals surface area contributed by atoms with Crippen LogP contribution in [-0.4, -0.2) is 19.5 Å². The Hall–Kier alpha value is -2.44. The third kappa shape index (κ3) is 7.67. The molecule has 6 aromatic carbocycles. The van der Waals surface area contributed by atoms with E-state index < -0.39 is 20.8 Å². The molecule has 0 saturated heterocycles. The molecule has 0 spiro atoms. The van der Waals surface area contributed by atoms with E-state index in [1.165, 1.54) is 53.2 Å². The molecule has 44 heavy (non-hydrogen) atoms. The van der Waals surface area contributed by atoms with Gasteiger partial charge >= 0.3 is 37.9 Å². The first-order valence-corrected chi connectivity index (χ1v) is 24.0. The van der Waals surface area contributed by atoms with Crippen LogP contribution in [0.3, 0.4) is 0 Å². The molecule has 0 fully saturated rings. The maximum atomic E-state index is 4.93. The molecule has 0 aliphatic rings. The molecule has 8 heteroatoms. The van der Waals surface area contributed by atoms with Gasteiger partial charge in [-0.15, -0.1) is 91.7 Å². The van der Waals surface area contributed by atoms with Gasteiger partial charge in [-0.3, -0.25) is 0 Å². The van der Waals surface area contributed by atoms with Crippen LogP contribution in [0.25, 0.3) is 63.1 Å².